The summed E-state index contributed by atoms with van der Waals surface area (Å²) in [7, 11) is 0. The van der Waals surface area contributed by atoms with E-state index >= 15 is 0 Å². The number of thioether (sulfide) groups is 1. The fourth-order valence-corrected chi connectivity index (χ4v) is 6.04. The van der Waals surface area contributed by atoms with Crippen molar-refractivity contribution < 1.29 is 14.0 Å². The second-order valence-corrected chi connectivity index (χ2v) is 9.64. The third-order valence-electron chi connectivity index (χ3n) is 6.12. The molecule has 1 fully saturated rings. The molecule has 5 rings (SSSR count). The molecule has 32 heavy (non-hydrogen) atoms. The van der Waals surface area contributed by atoms with Crippen LogP contribution in [0.1, 0.15) is 32.6 Å². The van der Waals surface area contributed by atoms with Crippen LogP contribution in [0.15, 0.2) is 66.7 Å². The first-order valence-corrected chi connectivity index (χ1v) is 11.6. The molecule has 0 aromatic heterocycles. The summed E-state index contributed by atoms with van der Waals surface area (Å²) in [6.07, 6.45) is 0. The molecule has 0 saturated carbocycles. The van der Waals surface area contributed by atoms with E-state index in [-0.39, 0.29) is 11.8 Å². The maximum Gasteiger partial charge on any atom is 0.268 e. The number of nitrogens with zero attached hydrogens (tertiary/aromatic N) is 2. The van der Waals surface area contributed by atoms with Crippen LogP contribution in [-0.4, -0.2) is 29.0 Å². The molecule has 3 aromatic rings. The molecule has 6 heteroatoms. The highest BCUT2D eigenvalue weighted by molar-refractivity contribution is 8.01. The summed E-state index contributed by atoms with van der Waals surface area (Å²) in [5.41, 5.74) is 4.90. The van der Waals surface area contributed by atoms with Gasteiger partial charge in [0.05, 0.1) is 12.2 Å². The van der Waals surface area contributed by atoms with E-state index in [9.17, 15) is 14.0 Å². The Labute approximate surface area is 191 Å². The SMILES string of the molecule is Cc1ccc(C(=O)N2CCS[C@]23C(=O)N(Cc2cccc(C)c2)c2ccc(F)cc23)cc1. The monoisotopic (exact) mass is 446 g/mol. The lowest BCUT2D eigenvalue weighted by atomic mass is 10.0. The van der Waals surface area contributed by atoms with Gasteiger partial charge in [-0.3, -0.25) is 9.59 Å². The van der Waals surface area contributed by atoms with Gasteiger partial charge in [0.2, 0.25) is 0 Å². The standard InChI is InChI=1S/C26H23FN2O2S/c1-17-6-8-20(9-7-17)24(30)29-12-13-32-26(29)22-15-21(27)10-11-23(22)28(25(26)31)16-19-5-3-4-18(2)14-19/h3-11,14-15H,12-13,16H2,1-2H3/t26-/m1/s1. The molecule has 0 bridgehead atoms. The third-order valence-corrected chi connectivity index (χ3v) is 7.54. The molecule has 2 aliphatic rings. The Morgan fingerprint density at radius 2 is 1.81 bits per heavy atom. The molecule has 2 amide bonds. The van der Waals surface area contributed by atoms with E-state index in [4.69, 9.17) is 0 Å². The summed E-state index contributed by atoms with van der Waals surface area (Å²) >= 11 is 1.41. The van der Waals surface area contributed by atoms with Gasteiger partial charge in [0, 0.05) is 23.4 Å². The van der Waals surface area contributed by atoms with Crippen molar-refractivity contribution in [2.75, 3.05) is 17.2 Å². The predicted octanol–water partition coefficient (Wildman–Crippen LogP) is 5.03. The first kappa shape index (κ1) is 20.8. The van der Waals surface area contributed by atoms with Crippen LogP contribution in [0.3, 0.4) is 0 Å². The lowest BCUT2D eigenvalue weighted by Gasteiger charge is -2.33. The van der Waals surface area contributed by atoms with Gasteiger partial charge in [0.25, 0.3) is 11.8 Å². The van der Waals surface area contributed by atoms with Gasteiger partial charge in [0.1, 0.15) is 5.82 Å². The zero-order valence-corrected chi connectivity index (χ0v) is 18.8. The summed E-state index contributed by atoms with van der Waals surface area (Å²) in [4.78, 5) is 29.6. The van der Waals surface area contributed by atoms with Gasteiger partial charge in [-0.2, -0.15) is 0 Å². The Kier molecular flexibility index (Phi) is 5.05. The van der Waals surface area contributed by atoms with Crippen molar-refractivity contribution in [1.29, 1.82) is 0 Å². The molecule has 1 spiro atoms. The van der Waals surface area contributed by atoms with E-state index in [1.165, 1.54) is 23.9 Å². The molecular weight excluding hydrogens is 423 g/mol. The van der Waals surface area contributed by atoms with Crippen LogP contribution in [0.5, 0.6) is 0 Å². The van der Waals surface area contributed by atoms with Crippen LogP contribution in [-0.2, 0) is 16.2 Å². The Bertz CT molecular complexity index is 1230. The molecular formula is C26H23FN2O2S. The molecule has 3 aromatic carbocycles. The summed E-state index contributed by atoms with van der Waals surface area (Å²) < 4.78 is 14.4. The fraction of sp³-hybridized carbons (Fsp3) is 0.231. The van der Waals surface area contributed by atoms with Gasteiger partial charge in [-0.15, -0.1) is 11.8 Å². The van der Waals surface area contributed by atoms with Crippen molar-refractivity contribution in [2.45, 2.75) is 25.3 Å². The quantitative estimate of drug-likeness (QED) is 0.567. The molecule has 2 aliphatic heterocycles. The van der Waals surface area contributed by atoms with E-state index in [1.807, 2.05) is 50.2 Å². The minimum Gasteiger partial charge on any atom is -0.311 e. The molecule has 4 nitrogen and oxygen atoms in total. The van der Waals surface area contributed by atoms with Crippen LogP contribution >= 0.6 is 11.8 Å². The number of aryl methyl sites for hydroxylation is 2. The minimum absolute atomic E-state index is 0.192. The number of fused-ring (bicyclic) bond motifs is 2. The van der Waals surface area contributed by atoms with E-state index in [0.29, 0.717) is 35.7 Å². The number of amides is 2. The number of halogens is 1. The summed E-state index contributed by atoms with van der Waals surface area (Å²) in [5, 5.41) is 0. The molecule has 0 aliphatic carbocycles. The topological polar surface area (TPSA) is 40.6 Å². The van der Waals surface area contributed by atoms with Gasteiger partial charge >= 0.3 is 0 Å². The Hall–Kier alpha value is -3.12. The number of carbonyl (C=O) groups is 2. The zero-order chi connectivity index (χ0) is 22.5. The fourth-order valence-electron chi connectivity index (χ4n) is 4.59. The average Bonchev–Trinajstić information content (AvgIpc) is 3.31. The molecule has 1 atom stereocenters. The van der Waals surface area contributed by atoms with Crippen LogP contribution in [0, 0.1) is 19.7 Å². The normalized spacial score (nSPS) is 19.7. The van der Waals surface area contributed by atoms with E-state index < -0.39 is 10.7 Å². The number of rotatable bonds is 3. The second kappa shape index (κ2) is 7.78. The number of anilines is 1. The summed E-state index contributed by atoms with van der Waals surface area (Å²) in [5.74, 6) is -0.209. The lowest BCUT2D eigenvalue weighted by Crippen LogP contribution is -2.50. The molecule has 0 unspecified atom stereocenters. The van der Waals surface area contributed by atoms with Gasteiger partial charge in [-0.05, 0) is 49.7 Å². The maximum absolute atomic E-state index is 14.4. The second-order valence-electron chi connectivity index (χ2n) is 8.36. The Morgan fingerprint density at radius 1 is 1.03 bits per heavy atom. The van der Waals surface area contributed by atoms with E-state index in [2.05, 4.69) is 0 Å². The first-order chi connectivity index (χ1) is 15.4. The summed E-state index contributed by atoms with van der Waals surface area (Å²) in [6, 6.07) is 19.8. The number of hydrogen-bond donors (Lipinski definition) is 0. The van der Waals surface area contributed by atoms with Crippen molar-refractivity contribution >= 4 is 29.3 Å². The molecule has 0 N–H and O–H groups in total. The minimum atomic E-state index is -1.25. The number of carbonyl (C=O) groups excluding carboxylic acids is 2. The first-order valence-electron chi connectivity index (χ1n) is 10.6. The molecule has 2 heterocycles. The van der Waals surface area contributed by atoms with Crippen molar-refractivity contribution in [3.8, 4) is 0 Å². The maximum atomic E-state index is 14.4. The Morgan fingerprint density at radius 3 is 2.56 bits per heavy atom. The molecule has 1 saturated heterocycles. The Balaban J connectivity index is 1.59. The average molecular weight is 447 g/mol. The van der Waals surface area contributed by atoms with Crippen molar-refractivity contribution in [3.05, 3.63) is 100 Å². The van der Waals surface area contributed by atoms with Crippen LogP contribution in [0.25, 0.3) is 0 Å². The highest BCUT2D eigenvalue weighted by Gasteiger charge is 2.59. The van der Waals surface area contributed by atoms with Gasteiger partial charge < -0.3 is 9.80 Å². The van der Waals surface area contributed by atoms with Crippen molar-refractivity contribution in [3.63, 3.8) is 0 Å². The van der Waals surface area contributed by atoms with Crippen molar-refractivity contribution in [2.24, 2.45) is 0 Å². The molecule has 0 radical (unpaired) electrons. The smallest absolute Gasteiger partial charge is 0.268 e. The van der Waals surface area contributed by atoms with E-state index in [0.717, 1.165) is 16.7 Å². The van der Waals surface area contributed by atoms with Gasteiger partial charge in [0.15, 0.2) is 4.87 Å². The molecule has 162 valence electrons. The van der Waals surface area contributed by atoms with Gasteiger partial charge in [-0.25, -0.2) is 4.39 Å². The number of benzene rings is 3. The van der Waals surface area contributed by atoms with Crippen molar-refractivity contribution in [1.82, 2.24) is 4.90 Å². The number of hydrogen-bond acceptors (Lipinski definition) is 3. The largest absolute Gasteiger partial charge is 0.311 e. The van der Waals surface area contributed by atoms with E-state index in [1.54, 1.807) is 28.0 Å². The summed E-state index contributed by atoms with van der Waals surface area (Å²) in [6.45, 7) is 4.77. The third kappa shape index (κ3) is 3.21. The highest BCUT2D eigenvalue weighted by atomic mass is 32.2. The predicted molar refractivity (Wildman–Crippen MR) is 125 cm³/mol. The van der Waals surface area contributed by atoms with Crippen LogP contribution in [0.2, 0.25) is 0 Å². The van der Waals surface area contributed by atoms with Gasteiger partial charge in [-0.1, -0.05) is 47.5 Å². The van der Waals surface area contributed by atoms with Crippen LogP contribution < -0.4 is 4.90 Å². The highest BCUT2D eigenvalue weighted by Crippen LogP contribution is 2.54. The zero-order valence-electron chi connectivity index (χ0n) is 18.0. The lowest BCUT2D eigenvalue weighted by molar-refractivity contribution is -0.123. The van der Waals surface area contributed by atoms with Crippen LogP contribution in [0.4, 0.5) is 10.1 Å².